The first kappa shape index (κ1) is 15.8. The molecule has 0 unspecified atom stereocenters. The molecule has 0 saturated carbocycles. The minimum absolute atomic E-state index is 0.194. The second-order valence-electron chi connectivity index (χ2n) is 4.34. The van der Waals surface area contributed by atoms with Crippen LogP contribution in [-0.2, 0) is 24.2 Å². The van der Waals surface area contributed by atoms with E-state index in [0.717, 1.165) is 32.3 Å². The molecule has 1 atom stereocenters. The Balaban J connectivity index is 2.27. The number of sulfonamides is 1. The van der Waals surface area contributed by atoms with Crippen molar-refractivity contribution in [1.29, 1.82) is 0 Å². The Morgan fingerprint density at radius 1 is 1.39 bits per heavy atom. The zero-order valence-electron chi connectivity index (χ0n) is 11.1. The van der Waals surface area contributed by atoms with Gasteiger partial charge in [-0.1, -0.05) is 0 Å². The van der Waals surface area contributed by atoms with Crippen LogP contribution in [-0.4, -0.2) is 59.9 Å². The van der Waals surface area contributed by atoms with Crippen LogP contribution in [0.3, 0.4) is 0 Å². The van der Waals surface area contributed by atoms with E-state index >= 15 is 0 Å². The molecule has 1 N–H and O–H groups in total. The highest BCUT2D eigenvalue weighted by Crippen LogP contribution is 2.11. The first-order valence-electron chi connectivity index (χ1n) is 6.27. The summed E-state index contributed by atoms with van der Waals surface area (Å²) in [7, 11) is -3.19. The SMILES string of the molecule is CCO[C@@H](CNS(C)(=O)=O)COC1CCOCC1. The van der Waals surface area contributed by atoms with Crippen LogP contribution in [0.1, 0.15) is 19.8 Å². The topological polar surface area (TPSA) is 73.9 Å². The molecule has 0 amide bonds. The molecule has 18 heavy (non-hydrogen) atoms. The van der Waals surface area contributed by atoms with Crippen molar-refractivity contribution < 1.29 is 22.6 Å². The fraction of sp³-hybridized carbons (Fsp3) is 1.00. The highest BCUT2D eigenvalue weighted by atomic mass is 32.2. The molecule has 0 radical (unpaired) electrons. The molecular formula is C11H23NO5S. The molecule has 1 aliphatic heterocycles. The van der Waals surface area contributed by atoms with Gasteiger partial charge in [0.2, 0.25) is 10.0 Å². The Morgan fingerprint density at radius 3 is 2.61 bits per heavy atom. The van der Waals surface area contributed by atoms with Crippen molar-refractivity contribution in [1.82, 2.24) is 4.72 Å². The van der Waals surface area contributed by atoms with E-state index in [1.807, 2.05) is 6.92 Å². The number of hydrogen-bond acceptors (Lipinski definition) is 5. The number of nitrogens with one attached hydrogen (secondary N) is 1. The summed E-state index contributed by atoms with van der Waals surface area (Å²) < 4.78 is 40.9. The predicted molar refractivity (Wildman–Crippen MR) is 68.1 cm³/mol. The van der Waals surface area contributed by atoms with Gasteiger partial charge in [-0.05, 0) is 19.8 Å². The van der Waals surface area contributed by atoms with Crippen LogP contribution in [0.2, 0.25) is 0 Å². The molecular weight excluding hydrogens is 258 g/mol. The lowest BCUT2D eigenvalue weighted by atomic mass is 10.1. The van der Waals surface area contributed by atoms with Crippen molar-refractivity contribution >= 4 is 10.0 Å². The molecule has 0 aromatic heterocycles. The van der Waals surface area contributed by atoms with Gasteiger partial charge in [-0.2, -0.15) is 0 Å². The lowest BCUT2D eigenvalue weighted by Gasteiger charge is -2.25. The highest BCUT2D eigenvalue weighted by Gasteiger charge is 2.18. The molecule has 1 saturated heterocycles. The van der Waals surface area contributed by atoms with Gasteiger partial charge in [-0.3, -0.25) is 0 Å². The first-order valence-corrected chi connectivity index (χ1v) is 8.16. The van der Waals surface area contributed by atoms with Crippen LogP contribution < -0.4 is 4.72 Å². The van der Waals surface area contributed by atoms with Gasteiger partial charge in [0.1, 0.15) is 0 Å². The van der Waals surface area contributed by atoms with E-state index in [1.54, 1.807) is 0 Å². The van der Waals surface area contributed by atoms with Gasteiger partial charge in [0.25, 0.3) is 0 Å². The monoisotopic (exact) mass is 281 g/mol. The van der Waals surface area contributed by atoms with E-state index in [9.17, 15) is 8.42 Å². The third kappa shape index (κ3) is 7.27. The zero-order valence-corrected chi connectivity index (χ0v) is 11.9. The van der Waals surface area contributed by atoms with Crippen LogP contribution in [0.4, 0.5) is 0 Å². The number of ether oxygens (including phenoxy) is 3. The smallest absolute Gasteiger partial charge is 0.208 e. The zero-order chi connectivity index (χ0) is 13.4. The summed E-state index contributed by atoms with van der Waals surface area (Å²) >= 11 is 0. The van der Waals surface area contributed by atoms with Gasteiger partial charge in [0, 0.05) is 26.4 Å². The highest BCUT2D eigenvalue weighted by molar-refractivity contribution is 7.88. The molecule has 6 nitrogen and oxygen atoms in total. The first-order chi connectivity index (χ1) is 8.51. The largest absolute Gasteiger partial charge is 0.381 e. The maximum absolute atomic E-state index is 11.0. The fourth-order valence-corrected chi connectivity index (χ4v) is 2.22. The predicted octanol–water partition coefficient (Wildman–Crippen LogP) is 0.136. The third-order valence-electron chi connectivity index (χ3n) is 2.66. The summed E-state index contributed by atoms with van der Waals surface area (Å²) in [5, 5.41) is 0. The van der Waals surface area contributed by atoms with E-state index < -0.39 is 10.0 Å². The summed E-state index contributed by atoms with van der Waals surface area (Å²) in [6, 6.07) is 0. The van der Waals surface area contributed by atoms with Crippen molar-refractivity contribution in [3.05, 3.63) is 0 Å². The molecule has 0 bridgehead atoms. The summed E-state index contributed by atoms with van der Waals surface area (Å²) in [5.74, 6) is 0. The van der Waals surface area contributed by atoms with E-state index in [4.69, 9.17) is 14.2 Å². The fourth-order valence-electron chi connectivity index (χ4n) is 1.73. The number of hydrogen-bond donors (Lipinski definition) is 1. The lowest BCUT2D eigenvalue weighted by Crippen LogP contribution is -2.37. The van der Waals surface area contributed by atoms with E-state index in [-0.39, 0.29) is 18.8 Å². The molecule has 0 aromatic rings. The van der Waals surface area contributed by atoms with Crippen LogP contribution >= 0.6 is 0 Å². The average molecular weight is 281 g/mol. The molecule has 1 heterocycles. The van der Waals surface area contributed by atoms with Crippen LogP contribution in [0.5, 0.6) is 0 Å². The molecule has 0 aliphatic carbocycles. The summed E-state index contributed by atoms with van der Waals surface area (Å²) in [6.45, 7) is 4.52. The van der Waals surface area contributed by atoms with E-state index in [1.165, 1.54) is 0 Å². The molecule has 1 aliphatic rings. The van der Waals surface area contributed by atoms with Crippen molar-refractivity contribution in [3.8, 4) is 0 Å². The van der Waals surface area contributed by atoms with E-state index in [2.05, 4.69) is 4.72 Å². The Labute approximate surface area is 109 Å². The van der Waals surface area contributed by atoms with Gasteiger partial charge < -0.3 is 14.2 Å². The molecule has 0 aromatic carbocycles. The maximum Gasteiger partial charge on any atom is 0.208 e. The summed E-state index contributed by atoms with van der Waals surface area (Å²) in [6.07, 6.45) is 2.86. The quantitative estimate of drug-likeness (QED) is 0.685. The molecule has 7 heteroatoms. The van der Waals surface area contributed by atoms with Crippen LogP contribution in [0, 0.1) is 0 Å². The van der Waals surface area contributed by atoms with Gasteiger partial charge in [0.05, 0.1) is 25.1 Å². The molecule has 108 valence electrons. The average Bonchev–Trinajstić information content (AvgIpc) is 2.33. The second-order valence-corrected chi connectivity index (χ2v) is 6.18. The maximum atomic E-state index is 11.0. The lowest BCUT2D eigenvalue weighted by molar-refractivity contribution is -0.0726. The number of rotatable bonds is 8. The molecule has 1 rings (SSSR count). The minimum atomic E-state index is -3.19. The van der Waals surface area contributed by atoms with Gasteiger partial charge in [-0.15, -0.1) is 0 Å². The van der Waals surface area contributed by atoms with Gasteiger partial charge in [-0.25, -0.2) is 13.1 Å². The molecule has 1 fully saturated rings. The van der Waals surface area contributed by atoms with Crippen molar-refractivity contribution in [2.45, 2.75) is 32.0 Å². The Bertz CT molecular complexity index is 313. The van der Waals surface area contributed by atoms with Gasteiger partial charge >= 0.3 is 0 Å². The van der Waals surface area contributed by atoms with E-state index in [0.29, 0.717) is 13.2 Å². The minimum Gasteiger partial charge on any atom is -0.381 e. The van der Waals surface area contributed by atoms with Crippen LogP contribution in [0.15, 0.2) is 0 Å². The Kier molecular flexibility index (Phi) is 7.10. The Morgan fingerprint density at radius 2 is 2.06 bits per heavy atom. The third-order valence-corrected chi connectivity index (χ3v) is 3.35. The van der Waals surface area contributed by atoms with Crippen LogP contribution in [0.25, 0.3) is 0 Å². The van der Waals surface area contributed by atoms with Gasteiger partial charge in [0.15, 0.2) is 0 Å². The van der Waals surface area contributed by atoms with Crippen molar-refractivity contribution in [3.63, 3.8) is 0 Å². The molecule has 0 spiro atoms. The standard InChI is InChI=1S/C11H23NO5S/c1-3-16-11(8-12-18(2,13)14)9-17-10-4-6-15-7-5-10/h10-12H,3-9H2,1-2H3/t11-/m0/s1. The second kappa shape index (κ2) is 8.06. The summed E-state index contributed by atoms with van der Waals surface area (Å²) in [5.41, 5.74) is 0. The van der Waals surface area contributed by atoms with Crippen molar-refractivity contribution in [2.75, 3.05) is 39.2 Å². The Hall–Kier alpha value is -0.210. The summed E-state index contributed by atoms with van der Waals surface area (Å²) in [4.78, 5) is 0. The van der Waals surface area contributed by atoms with Crippen molar-refractivity contribution in [2.24, 2.45) is 0 Å². The normalized spacial score (nSPS) is 19.9.